The molecule has 0 saturated carbocycles. The molecule has 1 N–H and O–H groups in total. The fraction of sp³-hybridized carbons (Fsp3) is 0.286. The molecule has 2 aromatic rings. The fourth-order valence-electron chi connectivity index (χ4n) is 1.83. The van der Waals surface area contributed by atoms with Gasteiger partial charge in [-0.3, -0.25) is 0 Å². The van der Waals surface area contributed by atoms with Crippen molar-refractivity contribution in [3.8, 4) is 5.75 Å². The molecule has 2 rings (SSSR count). The lowest BCUT2D eigenvalue weighted by Crippen LogP contribution is -2.14. The quantitative estimate of drug-likeness (QED) is 0.913. The summed E-state index contributed by atoms with van der Waals surface area (Å²) in [6, 6.07) is 7.87. The number of anilines is 3. The maximum absolute atomic E-state index is 5.24. The van der Waals surface area contributed by atoms with Gasteiger partial charge in [0.1, 0.15) is 11.6 Å². The van der Waals surface area contributed by atoms with Crippen molar-refractivity contribution in [2.75, 3.05) is 31.4 Å². The first kappa shape index (κ1) is 13.1. The normalized spacial score (nSPS) is 10.1. The van der Waals surface area contributed by atoms with Crippen LogP contribution in [0.2, 0.25) is 0 Å². The van der Waals surface area contributed by atoms with E-state index in [1.165, 1.54) is 0 Å². The molecule has 0 unspecified atom stereocenters. The number of aryl methyl sites for hydroxylation is 1. The van der Waals surface area contributed by atoms with Gasteiger partial charge in [0.05, 0.1) is 7.11 Å². The number of nitrogens with zero attached hydrogens (tertiary/aromatic N) is 3. The molecule has 19 heavy (non-hydrogen) atoms. The summed E-state index contributed by atoms with van der Waals surface area (Å²) in [7, 11) is 5.44. The third-order valence-corrected chi connectivity index (χ3v) is 2.93. The third-order valence-electron chi connectivity index (χ3n) is 2.93. The van der Waals surface area contributed by atoms with E-state index in [1.54, 1.807) is 14.2 Å². The van der Waals surface area contributed by atoms with Crippen LogP contribution in [0.5, 0.6) is 5.75 Å². The number of rotatable bonds is 4. The van der Waals surface area contributed by atoms with Crippen LogP contribution in [0, 0.1) is 6.92 Å². The highest BCUT2D eigenvalue weighted by Gasteiger charge is 2.10. The van der Waals surface area contributed by atoms with E-state index in [-0.39, 0.29) is 0 Å². The molecule has 1 aromatic carbocycles. The van der Waals surface area contributed by atoms with Gasteiger partial charge in [0.15, 0.2) is 0 Å². The Labute approximate surface area is 113 Å². The van der Waals surface area contributed by atoms with Crippen molar-refractivity contribution < 1.29 is 4.74 Å². The minimum Gasteiger partial charge on any atom is -0.497 e. The number of methoxy groups -OCH3 is 1. The topological polar surface area (TPSA) is 50.3 Å². The van der Waals surface area contributed by atoms with Crippen molar-refractivity contribution in [3.63, 3.8) is 0 Å². The van der Waals surface area contributed by atoms with Crippen LogP contribution in [-0.2, 0) is 0 Å². The van der Waals surface area contributed by atoms with Crippen LogP contribution in [0.1, 0.15) is 5.56 Å². The molecular weight excluding hydrogens is 240 g/mol. The lowest BCUT2D eigenvalue weighted by atomic mass is 10.2. The summed E-state index contributed by atoms with van der Waals surface area (Å²) < 4.78 is 5.24. The molecule has 0 spiro atoms. The van der Waals surface area contributed by atoms with Gasteiger partial charge in [0.2, 0.25) is 5.95 Å². The molecule has 5 heteroatoms. The fourth-order valence-corrected chi connectivity index (χ4v) is 1.83. The molecule has 1 aromatic heterocycles. The Morgan fingerprint density at radius 1 is 1.32 bits per heavy atom. The average Bonchev–Trinajstić information content (AvgIpc) is 2.47. The van der Waals surface area contributed by atoms with Gasteiger partial charge in [-0.25, -0.2) is 4.98 Å². The van der Waals surface area contributed by atoms with Gasteiger partial charge < -0.3 is 15.0 Å². The Morgan fingerprint density at radius 3 is 2.79 bits per heavy atom. The smallest absolute Gasteiger partial charge is 0.224 e. The van der Waals surface area contributed by atoms with Crippen LogP contribution in [0.15, 0.2) is 30.5 Å². The molecule has 0 aliphatic carbocycles. The first-order chi connectivity index (χ1) is 9.15. The molecule has 100 valence electrons. The van der Waals surface area contributed by atoms with E-state index in [2.05, 4.69) is 15.3 Å². The zero-order valence-electron chi connectivity index (χ0n) is 11.6. The van der Waals surface area contributed by atoms with Crippen molar-refractivity contribution in [1.82, 2.24) is 9.97 Å². The minimum absolute atomic E-state index is 0.607. The van der Waals surface area contributed by atoms with Crippen molar-refractivity contribution in [3.05, 3.63) is 36.0 Å². The number of hydrogen-bond acceptors (Lipinski definition) is 5. The second-order valence-corrected chi connectivity index (χ2v) is 4.21. The number of benzene rings is 1. The summed E-state index contributed by atoms with van der Waals surface area (Å²) in [5.74, 6) is 2.30. The summed E-state index contributed by atoms with van der Waals surface area (Å²) in [5, 5.41) is 2.95. The second-order valence-electron chi connectivity index (χ2n) is 4.21. The van der Waals surface area contributed by atoms with Gasteiger partial charge in [-0.2, -0.15) is 4.98 Å². The standard InChI is InChI=1S/C14H18N4O/c1-10-9-16-14(15-2)17-13(10)18(3)11-6-5-7-12(8-11)19-4/h5-9H,1-4H3,(H,15,16,17). The van der Waals surface area contributed by atoms with E-state index >= 15 is 0 Å². The molecule has 0 aliphatic heterocycles. The summed E-state index contributed by atoms with van der Waals surface area (Å²) in [6.07, 6.45) is 1.81. The lowest BCUT2D eigenvalue weighted by molar-refractivity contribution is 0.415. The van der Waals surface area contributed by atoms with Crippen molar-refractivity contribution in [2.45, 2.75) is 6.92 Å². The van der Waals surface area contributed by atoms with E-state index in [0.717, 1.165) is 22.8 Å². The first-order valence-electron chi connectivity index (χ1n) is 6.05. The second kappa shape index (κ2) is 5.56. The number of aromatic nitrogens is 2. The highest BCUT2D eigenvalue weighted by Crippen LogP contribution is 2.27. The molecule has 0 aliphatic rings. The Kier molecular flexibility index (Phi) is 3.85. The monoisotopic (exact) mass is 258 g/mol. The van der Waals surface area contributed by atoms with Crippen LogP contribution < -0.4 is 15.0 Å². The maximum Gasteiger partial charge on any atom is 0.224 e. The number of hydrogen-bond donors (Lipinski definition) is 1. The van der Waals surface area contributed by atoms with Gasteiger partial charge in [0.25, 0.3) is 0 Å². The average molecular weight is 258 g/mol. The SMILES string of the molecule is CNc1ncc(C)c(N(C)c2cccc(OC)c2)n1. The zero-order chi connectivity index (χ0) is 13.8. The van der Waals surface area contributed by atoms with Gasteiger partial charge in [-0.05, 0) is 19.1 Å². The van der Waals surface area contributed by atoms with Crippen LogP contribution >= 0.6 is 0 Å². The predicted octanol–water partition coefficient (Wildman–Crippen LogP) is 2.60. The molecule has 0 radical (unpaired) electrons. The highest BCUT2D eigenvalue weighted by atomic mass is 16.5. The van der Waals surface area contributed by atoms with E-state index < -0.39 is 0 Å². The lowest BCUT2D eigenvalue weighted by Gasteiger charge is -2.21. The van der Waals surface area contributed by atoms with Crippen LogP contribution in [0.4, 0.5) is 17.5 Å². The van der Waals surface area contributed by atoms with E-state index in [1.807, 2.05) is 49.3 Å². The van der Waals surface area contributed by atoms with Gasteiger partial charge in [0, 0.05) is 37.6 Å². The van der Waals surface area contributed by atoms with Crippen molar-refractivity contribution in [2.24, 2.45) is 0 Å². The van der Waals surface area contributed by atoms with Gasteiger partial charge in [-0.1, -0.05) is 6.07 Å². The van der Waals surface area contributed by atoms with Crippen LogP contribution in [-0.4, -0.2) is 31.2 Å². The minimum atomic E-state index is 0.607. The van der Waals surface area contributed by atoms with Crippen molar-refractivity contribution >= 4 is 17.5 Å². The Hall–Kier alpha value is -2.30. The number of nitrogens with one attached hydrogen (secondary N) is 1. The molecule has 0 atom stereocenters. The zero-order valence-corrected chi connectivity index (χ0v) is 11.6. The largest absolute Gasteiger partial charge is 0.497 e. The van der Waals surface area contributed by atoms with Gasteiger partial charge in [-0.15, -0.1) is 0 Å². The summed E-state index contributed by atoms with van der Waals surface area (Å²) in [4.78, 5) is 10.7. The van der Waals surface area contributed by atoms with E-state index in [4.69, 9.17) is 4.74 Å². The van der Waals surface area contributed by atoms with Gasteiger partial charge >= 0.3 is 0 Å². The molecule has 5 nitrogen and oxygen atoms in total. The molecule has 0 amide bonds. The Morgan fingerprint density at radius 2 is 2.11 bits per heavy atom. The van der Waals surface area contributed by atoms with Crippen LogP contribution in [0.25, 0.3) is 0 Å². The Balaban J connectivity index is 2.39. The Bertz CT molecular complexity index is 571. The maximum atomic E-state index is 5.24. The summed E-state index contributed by atoms with van der Waals surface area (Å²) in [5.41, 5.74) is 2.03. The molecule has 0 fully saturated rings. The third kappa shape index (κ3) is 2.76. The molecule has 0 saturated heterocycles. The van der Waals surface area contributed by atoms with Crippen molar-refractivity contribution in [1.29, 1.82) is 0 Å². The highest BCUT2D eigenvalue weighted by molar-refractivity contribution is 5.64. The summed E-state index contributed by atoms with van der Waals surface area (Å²) >= 11 is 0. The first-order valence-corrected chi connectivity index (χ1v) is 6.05. The summed E-state index contributed by atoms with van der Waals surface area (Å²) in [6.45, 7) is 1.99. The van der Waals surface area contributed by atoms with E-state index in [9.17, 15) is 0 Å². The predicted molar refractivity (Wildman–Crippen MR) is 77.4 cm³/mol. The molecule has 1 heterocycles. The van der Waals surface area contributed by atoms with E-state index in [0.29, 0.717) is 5.95 Å². The molecule has 0 bridgehead atoms. The van der Waals surface area contributed by atoms with Crippen LogP contribution in [0.3, 0.4) is 0 Å². The number of ether oxygens (including phenoxy) is 1. The molecular formula is C14H18N4O.